The Labute approximate surface area is 121 Å². The van der Waals surface area contributed by atoms with Crippen molar-refractivity contribution in [3.8, 4) is 0 Å². The van der Waals surface area contributed by atoms with E-state index in [0.717, 1.165) is 25.0 Å². The molecule has 0 radical (unpaired) electrons. The predicted molar refractivity (Wildman–Crippen MR) is 73.8 cm³/mol. The van der Waals surface area contributed by atoms with Crippen molar-refractivity contribution in [3.05, 3.63) is 29.1 Å². The van der Waals surface area contributed by atoms with Gasteiger partial charge in [0.1, 0.15) is 5.82 Å². The maximum absolute atomic E-state index is 13.7. The molecule has 0 bridgehead atoms. The predicted octanol–water partition coefficient (Wildman–Crippen LogP) is 2.59. The number of carbonyl (C=O) groups excluding carboxylic acids is 1. The number of rotatable bonds is 4. The SMILES string of the molecule is CCC1CC1NC(=O)c1cc(F)c(C)c(S(=O)(=O)Cl)c1. The topological polar surface area (TPSA) is 63.2 Å². The lowest BCUT2D eigenvalue weighted by Gasteiger charge is -2.08. The van der Waals surface area contributed by atoms with E-state index in [4.69, 9.17) is 10.7 Å². The largest absolute Gasteiger partial charge is 0.349 e. The van der Waals surface area contributed by atoms with Gasteiger partial charge in [-0.15, -0.1) is 0 Å². The van der Waals surface area contributed by atoms with Crippen molar-refractivity contribution >= 4 is 25.6 Å². The number of carbonyl (C=O) groups is 1. The van der Waals surface area contributed by atoms with Crippen molar-refractivity contribution < 1.29 is 17.6 Å². The van der Waals surface area contributed by atoms with Gasteiger partial charge in [0, 0.05) is 27.9 Å². The summed E-state index contributed by atoms with van der Waals surface area (Å²) < 4.78 is 36.5. The zero-order chi connectivity index (χ0) is 15.1. The molecule has 2 unspecified atom stereocenters. The average molecular weight is 320 g/mol. The monoisotopic (exact) mass is 319 g/mol. The Morgan fingerprint density at radius 2 is 2.15 bits per heavy atom. The van der Waals surface area contributed by atoms with Gasteiger partial charge >= 0.3 is 0 Å². The van der Waals surface area contributed by atoms with Crippen molar-refractivity contribution in [2.24, 2.45) is 5.92 Å². The van der Waals surface area contributed by atoms with Gasteiger partial charge in [0.05, 0.1) is 4.90 Å². The second kappa shape index (κ2) is 5.33. The molecule has 2 atom stereocenters. The van der Waals surface area contributed by atoms with Crippen molar-refractivity contribution in [1.82, 2.24) is 5.32 Å². The van der Waals surface area contributed by atoms with Gasteiger partial charge in [-0.2, -0.15) is 0 Å². The standard InChI is InChI=1S/C13H15ClFNO3S/c1-3-8-5-11(8)16-13(17)9-4-10(15)7(2)12(6-9)20(14,18)19/h4,6,8,11H,3,5H2,1-2H3,(H,16,17). The van der Waals surface area contributed by atoms with Gasteiger partial charge in [-0.25, -0.2) is 12.8 Å². The van der Waals surface area contributed by atoms with Gasteiger partial charge in [-0.1, -0.05) is 13.3 Å². The number of benzene rings is 1. The minimum Gasteiger partial charge on any atom is -0.349 e. The van der Waals surface area contributed by atoms with E-state index in [1.165, 1.54) is 6.92 Å². The van der Waals surface area contributed by atoms with Crippen LogP contribution in [0.1, 0.15) is 35.7 Å². The third-order valence-corrected chi connectivity index (χ3v) is 5.03. The van der Waals surface area contributed by atoms with E-state index in [2.05, 4.69) is 5.32 Å². The number of amides is 1. The Morgan fingerprint density at radius 1 is 1.50 bits per heavy atom. The molecule has 2 rings (SSSR count). The van der Waals surface area contributed by atoms with E-state index < -0.39 is 20.8 Å². The molecule has 110 valence electrons. The second-order valence-electron chi connectivity index (χ2n) is 5.00. The fraction of sp³-hybridized carbons (Fsp3) is 0.462. The van der Waals surface area contributed by atoms with Crippen molar-refractivity contribution in [2.45, 2.75) is 37.6 Å². The number of nitrogens with one attached hydrogen (secondary N) is 1. The van der Waals surface area contributed by atoms with Crippen LogP contribution in [0.2, 0.25) is 0 Å². The first-order chi connectivity index (χ1) is 9.24. The van der Waals surface area contributed by atoms with Crippen molar-refractivity contribution in [3.63, 3.8) is 0 Å². The van der Waals surface area contributed by atoms with E-state index in [1.807, 2.05) is 6.92 Å². The lowest BCUT2D eigenvalue weighted by atomic mass is 10.1. The van der Waals surface area contributed by atoms with E-state index in [1.54, 1.807) is 0 Å². The van der Waals surface area contributed by atoms with Crippen LogP contribution in [-0.2, 0) is 9.05 Å². The van der Waals surface area contributed by atoms with Crippen LogP contribution in [0.5, 0.6) is 0 Å². The molecule has 1 amide bonds. The highest BCUT2D eigenvalue weighted by atomic mass is 35.7. The lowest BCUT2D eigenvalue weighted by molar-refractivity contribution is 0.0948. The molecule has 0 spiro atoms. The number of hydrogen-bond acceptors (Lipinski definition) is 3. The molecule has 1 aliphatic carbocycles. The van der Waals surface area contributed by atoms with Crippen molar-refractivity contribution in [2.75, 3.05) is 0 Å². The Hall–Kier alpha value is -1.14. The zero-order valence-corrected chi connectivity index (χ0v) is 12.7. The third-order valence-electron chi connectivity index (χ3n) is 3.58. The highest BCUT2D eigenvalue weighted by molar-refractivity contribution is 8.13. The molecule has 4 nitrogen and oxygen atoms in total. The molecule has 7 heteroatoms. The molecule has 1 fully saturated rings. The minimum atomic E-state index is -4.09. The lowest BCUT2D eigenvalue weighted by Crippen LogP contribution is -2.27. The third kappa shape index (κ3) is 3.12. The number of hydrogen-bond donors (Lipinski definition) is 1. The van der Waals surface area contributed by atoms with Crippen LogP contribution < -0.4 is 5.32 Å². The van der Waals surface area contributed by atoms with Crippen LogP contribution in [0.4, 0.5) is 4.39 Å². The Kier molecular flexibility index (Phi) is 4.07. The highest BCUT2D eigenvalue weighted by Gasteiger charge is 2.36. The molecule has 0 aliphatic heterocycles. The minimum absolute atomic E-state index is 0.0333. The maximum atomic E-state index is 13.7. The molecular weight excluding hydrogens is 305 g/mol. The van der Waals surface area contributed by atoms with Gasteiger partial charge in [0.15, 0.2) is 0 Å². The second-order valence-corrected chi connectivity index (χ2v) is 7.54. The van der Waals surface area contributed by atoms with E-state index in [-0.39, 0.29) is 22.1 Å². The van der Waals surface area contributed by atoms with Crippen LogP contribution >= 0.6 is 10.7 Å². The summed E-state index contributed by atoms with van der Waals surface area (Å²) in [5.74, 6) is -0.795. The van der Waals surface area contributed by atoms with Gasteiger partial charge in [0.2, 0.25) is 0 Å². The Balaban J connectivity index is 2.29. The summed E-state index contributed by atoms with van der Waals surface area (Å²) >= 11 is 0. The molecule has 1 saturated carbocycles. The smallest absolute Gasteiger partial charge is 0.261 e. The van der Waals surface area contributed by atoms with Crippen LogP contribution in [0.15, 0.2) is 17.0 Å². The summed E-state index contributed by atoms with van der Waals surface area (Å²) in [4.78, 5) is 11.6. The summed E-state index contributed by atoms with van der Waals surface area (Å²) in [6.45, 7) is 3.33. The molecule has 0 aromatic heterocycles. The molecule has 0 saturated heterocycles. The van der Waals surface area contributed by atoms with Gasteiger partial charge in [-0.3, -0.25) is 4.79 Å². The summed E-state index contributed by atoms with van der Waals surface area (Å²) in [7, 11) is 1.16. The highest BCUT2D eigenvalue weighted by Crippen LogP contribution is 2.33. The molecule has 1 aromatic rings. The molecular formula is C13H15ClFNO3S. The van der Waals surface area contributed by atoms with Crippen LogP contribution in [-0.4, -0.2) is 20.4 Å². The van der Waals surface area contributed by atoms with Crippen molar-refractivity contribution in [1.29, 1.82) is 0 Å². The van der Waals surface area contributed by atoms with Crippen LogP contribution in [0, 0.1) is 18.7 Å². The molecule has 1 N–H and O–H groups in total. The van der Waals surface area contributed by atoms with Gasteiger partial charge in [0.25, 0.3) is 15.0 Å². The van der Waals surface area contributed by atoms with Crippen LogP contribution in [0.25, 0.3) is 0 Å². The number of halogens is 2. The summed E-state index contributed by atoms with van der Waals surface area (Å²) in [6.07, 6.45) is 1.87. The normalized spacial score (nSPS) is 21.6. The van der Waals surface area contributed by atoms with Gasteiger partial charge in [-0.05, 0) is 31.4 Å². The first-order valence-corrected chi connectivity index (χ1v) is 8.60. The van der Waals surface area contributed by atoms with E-state index in [0.29, 0.717) is 5.92 Å². The fourth-order valence-electron chi connectivity index (χ4n) is 2.17. The first-order valence-electron chi connectivity index (χ1n) is 6.29. The fourth-order valence-corrected chi connectivity index (χ4v) is 3.38. The van der Waals surface area contributed by atoms with E-state index in [9.17, 15) is 17.6 Å². The molecule has 20 heavy (non-hydrogen) atoms. The Bertz CT molecular complexity index is 660. The van der Waals surface area contributed by atoms with E-state index >= 15 is 0 Å². The molecule has 1 aromatic carbocycles. The zero-order valence-electron chi connectivity index (χ0n) is 11.1. The summed E-state index contributed by atoms with van der Waals surface area (Å²) in [5, 5.41) is 2.75. The van der Waals surface area contributed by atoms with Gasteiger partial charge < -0.3 is 5.32 Å². The quantitative estimate of drug-likeness (QED) is 0.868. The molecule has 1 aliphatic rings. The Morgan fingerprint density at radius 3 is 2.65 bits per heavy atom. The molecule has 0 heterocycles. The average Bonchev–Trinajstić information content (AvgIpc) is 3.09. The summed E-state index contributed by atoms with van der Waals surface area (Å²) in [6, 6.07) is 2.23. The first kappa shape index (κ1) is 15.3. The maximum Gasteiger partial charge on any atom is 0.261 e. The van der Waals surface area contributed by atoms with Crippen LogP contribution in [0.3, 0.4) is 0 Å². The summed E-state index contributed by atoms with van der Waals surface area (Å²) in [5.41, 5.74) is -0.122.